The van der Waals surface area contributed by atoms with Crippen LogP contribution >= 0.6 is 0 Å². The van der Waals surface area contributed by atoms with E-state index in [4.69, 9.17) is 5.11 Å². The number of hydrogen-bond acceptors (Lipinski definition) is 2. The largest absolute Gasteiger partial charge is 0.480 e. The zero-order valence-electron chi connectivity index (χ0n) is 16.5. The second-order valence-corrected chi connectivity index (χ2v) is 6.98. The van der Waals surface area contributed by atoms with E-state index in [1.165, 1.54) is 62.7 Å². The van der Waals surface area contributed by atoms with E-state index < -0.39 is 5.97 Å². The molecule has 0 aliphatic carbocycles. The fourth-order valence-corrected chi connectivity index (χ4v) is 2.83. The summed E-state index contributed by atoms with van der Waals surface area (Å²) in [5, 5.41) is 8.64. The number of likely N-dealkylation sites (N-methyl/N-ethyl adjacent to an activating group) is 1. The highest BCUT2D eigenvalue weighted by Crippen LogP contribution is 2.10. The van der Waals surface area contributed by atoms with Gasteiger partial charge in [-0.3, -0.25) is 9.59 Å². The monoisotopic (exact) mass is 353 g/mol. The van der Waals surface area contributed by atoms with Crippen LogP contribution in [0.5, 0.6) is 0 Å². The number of rotatable bonds is 17. The van der Waals surface area contributed by atoms with Gasteiger partial charge in [0.1, 0.15) is 6.54 Å². The summed E-state index contributed by atoms with van der Waals surface area (Å²) in [7, 11) is 1.55. The molecule has 4 heteroatoms. The van der Waals surface area contributed by atoms with Crippen molar-refractivity contribution in [3.63, 3.8) is 0 Å². The number of allylic oxidation sites excluding steroid dienone is 2. The number of carboxylic acids is 1. The van der Waals surface area contributed by atoms with E-state index in [0.717, 1.165) is 25.7 Å². The first-order chi connectivity index (χ1) is 12.1. The van der Waals surface area contributed by atoms with Gasteiger partial charge < -0.3 is 10.0 Å². The summed E-state index contributed by atoms with van der Waals surface area (Å²) < 4.78 is 0. The van der Waals surface area contributed by atoms with Gasteiger partial charge in [-0.05, 0) is 32.1 Å². The van der Waals surface area contributed by atoms with Crippen LogP contribution in [-0.2, 0) is 9.59 Å². The minimum Gasteiger partial charge on any atom is -0.480 e. The molecule has 0 aromatic rings. The van der Waals surface area contributed by atoms with Crippen molar-refractivity contribution >= 4 is 11.9 Å². The second-order valence-electron chi connectivity index (χ2n) is 6.98. The Morgan fingerprint density at radius 2 is 1.28 bits per heavy atom. The lowest BCUT2D eigenvalue weighted by atomic mass is 10.1. The molecular formula is C21H39NO3. The van der Waals surface area contributed by atoms with Gasteiger partial charge in [0.2, 0.25) is 5.91 Å². The molecule has 0 radical (unpaired) electrons. The average molecular weight is 354 g/mol. The molecule has 4 nitrogen and oxygen atoms in total. The average Bonchev–Trinajstić information content (AvgIpc) is 2.57. The first-order valence-corrected chi connectivity index (χ1v) is 10.2. The maximum absolute atomic E-state index is 11.7. The van der Waals surface area contributed by atoms with Gasteiger partial charge in [0.05, 0.1) is 0 Å². The summed E-state index contributed by atoms with van der Waals surface area (Å²) in [5.41, 5.74) is 0. The van der Waals surface area contributed by atoms with E-state index in [0.29, 0.717) is 6.42 Å². The highest BCUT2D eigenvalue weighted by Gasteiger charge is 2.10. The number of amides is 1. The molecule has 0 aliphatic rings. The maximum Gasteiger partial charge on any atom is 0.323 e. The molecule has 0 fully saturated rings. The van der Waals surface area contributed by atoms with E-state index in [1.54, 1.807) is 7.05 Å². The Morgan fingerprint density at radius 1 is 0.800 bits per heavy atom. The van der Waals surface area contributed by atoms with Crippen molar-refractivity contribution in [3.8, 4) is 0 Å². The summed E-state index contributed by atoms with van der Waals surface area (Å²) in [5.74, 6) is -1.03. The number of carbonyl (C=O) groups excluding carboxylic acids is 1. The van der Waals surface area contributed by atoms with Crippen molar-refractivity contribution in [3.05, 3.63) is 12.2 Å². The third-order valence-electron chi connectivity index (χ3n) is 4.45. The molecule has 1 N–H and O–H groups in total. The molecule has 0 rings (SSSR count). The van der Waals surface area contributed by atoms with Gasteiger partial charge in [0.15, 0.2) is 0 Å². The number of carboxylic acid groups (broad SMARTS) is 1. The Labute approximate surface area is 154 Å². The summed E-state index contributed by atoms with van der Waals surface area (Å²) >= 11 is 0. The predicted octanol–water partition coefficient (Wildman–Crippen LogP) is 5.57. The van der Waals surface area contributed by atoms with Gasteiger partial charge >= 0.3 is 5.97 Å². The Hall–Kier alpha value is -1.32. The Bertz CT molecular complexity index is 366. The van der Waals surface area contributed by atoms with Crippen LogP contribution in [0.25, 0.3) is 0 Å². The van der Waals surface area contributed by atoms with Gasteiger partial charge in [-0.1, -0.05) is 70.4 Å². The predicted molar refractivity (Wildman–Crippen MR) is 105 cm³/mol. The Kier molecular flexibility index (Phi) is 16.6. The minimum atomic E-state index is -0.958. The highest BCUT2D eigenvalue weighted by molar-refractivity contribution is 5.80. The number of unbranched alkanes of at least 4 members (excludes halogenated alkanes) is 11. The number of carbonyl (C=O) groups is 2. The van der Waals surface area contributed by atoms with Crippen LogP contribution in [0.3, 0.4) is 0 Å². The third kappa shape index (κ3) is 17.3. The van der Waals surface area contributed by atoms with Crippen LogP contribution in [0.2, 0.25) is 0 Å². The standard InChI is InChI=1S/C21H39NO3/c1-3-4-5-6-7-8-9-10-11-12-13-14-15-16-17-18-20(23)22(2)19-21(24)25/h10-11H,3-9,12-19H2,1-2H3,(H,24,25)/b11-10-. The van der Waals surface area contributed by atoms with Gasteiger partial charge in [0, 0.05) is 13.5 Å². The molecule has 0 unspecified atom stereocenters. The van der Waals surface area contributed by atoms with Crippen LogP contribution < -0.4 is 0 Å². The Balaban J connectivity index is 3.31. The Morgan fingerprint density at radius 3 is 1.80 bits per heavy atom. The lowest BCUT2D eigenvalue weighted by molar-refractivity contribution is -0.143. The molecule has 1 amide bonds. The summed E-state index contributed by atoms with van der Waals surface area (Å²) in [4.78, 5) is 23.5. The van der Waals surface area contributed by atoms with E-state index in [-0.39, 0.29) is 12.5 Å². The molecule has 0 heterocycles. The minimum absolute atomic E-state index is 0.0694. The van der Waals surface area contributed by atoms with Crippen LogP contribution in [0, 0.1) is 0 Å². The number of aliphatic carboxylic acids is 1. The van der Waals surface area contributed by atoms with Crippen LogP contribution in [0.4, 0.5) is 0 Å². The molecule has 0 aliphatic heterocycles. The van der Waals surface area contributed by atoms with Crippen molar-refractivity contribution < 1.29 is 14.7 Å². The molecular weight excluding hydrogens is 314 g/mol. The first-order valence-electron chi connectivity index (χ1n) is 10.2. The second kappa shape index (κ2) is 17.5. The van der Waals surface area contributed by atoms with Crippen molar-refractivity contribution in [2.45, 2.75) is 96.8 Å². The topological polar surface area (TPSA) is 57.6 Å². The molecule has 25 heavy (non-hydrogen) atoms. The zero-order valence-corrected chi connectivity index (χ0v) is 16.5. The highest BCUT2D eigenvalue weighted by atomic mass is 16.4. The van der Waals surface area contributed by atoms with Gasteiger partial charge in [-0.15, -0.1) is 0 Å². The fourth-order valence-electron chi connectivity index (χ4n) is 2.83. The fraction of sp³-hybridized carbons (Fsp3) is 0.810. The molecule has 146 valence electrons. The molecule has 0 saturated heterocycles. The van der Waals surface area contributed by atoms with Crippen LogP contribution in [0.1, 0.15) is 96.8 Å². The molecule has 0 aromatic carbocycles. The molecule has 0 saturated carbocycles. The summed E-state index contributed by atoms with van der Waals surface area (Å²) in [6, 6.07) is 0. The molecule has 0 atom stereocenters. The SMILES string of the molecule is CCCCCCCC/C=C\CCCCCCCC(=O)N(C)CC(=O)O. The van der Waals surface area contributed by atoms with Gasteiger partial charge in [-0.25, -0.2) is 0 Å². The number of nitrogens with zero attached hydrogens (tertiary/aromatic N) is 1. The summed E-state index contributed by atoms with van der Waals surface area (Å²) in [6.07, 6.45) is 21.1. The van der Waals surface area contributed by atoms with E-state index in [2.05, 4.69) is 19.1 Å². The van der Waals surface area contributed by atoms with Crippen molar-refractivity contribution in [1.29, 1.82) is 0 Å². The normalized spacial score (nSPS) is 11.1. The quantitative estimate of drug-likeness (QED) is 0.275. The number of hydrogen-bond donors (Lipinski definition) is 1. The van der Waals surface area contributed by atoms with E-state index in [9.17, 15) is 9.59 Å². The van der Waals surface area contributed by atoms with E-state index >= 15 is 0 Å². The molecule has 0 aromatic heterocycles. The smallest absolute Gasteiger partial charge is 0.323 e. The zero-order chi connectivity index (χ0) is 18.8. The van der Waals surface area contributed by atoms with Crippen molar-refractivity contribution in [1.82, 2.24) is 4.90 Å². The van der Waals surface area contributed by atoms with Crippen LogP contribution in [0.15, 0.2) is 12.2 Å². The third-order valence-corrected chi connectivity index (χ3v) is 4.45. The van der Waals surface area contributed by atoms with Crippen molar-refractivity contribution in [2.75, 3.05) is 13.6 Å². The van der Waals surface area contributed by atoms with E-state index in [1.807, 2.05) is 0 Å². The molecule has 0 bridgehead atoms. The van der Waals surface area contributed by atoms with Crippen LogP contribution in [-0.4, -0.2) is 35.5 Å². The summed E-state index contributed by atoms with van der Waals surface area (Å²) in [6.45, 7) is 2.05. The first kappa shape index (κ1) is 23.7. The lowest BCUT2D eigenvalue weighted by Gasteiger charge is -2.14. The molecule has 0 spiro atoms. The maximum atomic E-state index is 11.7. The van der Waals surface area contributed by atoms with Gasteiger partial charge in [0.25, 0.3) is 0 Å². The lowest BCUT2D eigenvalue weighted by Crippen LogP contribution is -2.31. The van der Waals surface area contributed by atoms with Crippen molar-refractivity contribution in [2.24, 2.45) is 0 Å². The van der Waals surface area contributed by atoms with Gasteiger partial charge in [-0.2, -0.15) is 0 Å².